The van der Waals surface area contributed by atoms with E-state index in [0.717, 1.165) is 0 Å². The third-order valence-corrected chi connectivity index (χ3v) is 4.02. The van der Waals surface area contributed by atoms with E-state index in [-0.39, 0.29) is 21.4 Å². The number of pyridine rings is 1. The van der Waals surface area contributed by atoms with E-state index in [1.165, 1.54) is 12.3 Å². The number of benzene rings is 2. The van der Waals surface area contributed by atoms with Gasteiger partial charge < -0.3 is 10.1 Å². The molecule has 3 rings (SSSR count). The maximum absolute atomic E-state index is 12.4. The number of carbonyl (C=O) groups is 2. The Bertz CT molecular complexity index is 961. The van der Waals surface area contributed by atoms with Crippen molar-refractivity contribution < 1.29 is 14.3 Å². The number of aromatic nitrogens is 1. The molecule has 0 spiro atoms. The summed E-state index contributed by atoms with van der Waals surface area (Å²) in [5.41, 5.74) is 0.566. The Morgan fingerprint density at radius 3 is 2.30 bits per heavy atom. The topological polar surface area (TPSA) is 80.3 Å². The van der Waals surface area contributed by atoms with Crippen molar-refractivity contribution in [1.29, 1.82) is 0 Å². The maximum atomic E-state index is 12.4. The van der Waals surface area contributed by atoms with Crippen LogP contribution in [0.5, 0.6) is 5.75 Å². The number of nitrogens with zero attached hydrogens (tertiary/aromatic N) is 1. The molecule has 6 nitrogen and oxygen atoms in total. The number of carbonyl (C=O) groups excluding carboxylic acids is 2. The standard InChI is InChI=1S/C19H13Cl2N3O3/c20-14-7-4-8-15(21)17(14)18(25)23-12-9-10-22-16(11-12)24-19(26)27-13-5-2-1-3-6-13/h1-11H,(H2,22,23,24,25,26). The molecular formula is C19H13Cl2N3O3. The van der Waals surface area contributed by atoms with Crippen LogP contribution in [-0.2, 0) is 0 Å². The normalized spacial score (nSPS) is 10.1. The second-order valence-corrected chi connectivity index (χ2v) is 6.12. The van der Waals surface area contributed by atoms with Gasteiger partial charge in [0, 0.05) is 18.0 Å². The summed E-state index contributed by atoms with van der Waals surface area (Å²) in [4.78, 5) is 28.4. The van der Waals surface area contributed by atoms with Crippen LogP contribution >= 0.6 is 23.2 Å². The number of hydrogen-bond acceptors (Lipinski definition) is 4. The highest BCUT2D eigenvalue weighted by molar-refractivity contribution is 6.40. The summed E-state index contributed by atoms with van der Waals surface area (Å²) >= 11 is 12.1. The summed E-state index contributed by atoms with van der Waals surface area (Å²) in [6.45, 7) is 0. The van der Waals surface area contributed by atoms with E-state index in [1.807, 2.05) is 6.07 Å². The fraction of sp³-hybridized carbons (Fsp3) is 0. The van der Waals surface area contributed by atoms with Crippen molar-refractivity contribution >= 4 is 46.7 Å². The van der Waals surface area contributed by atoms with Gasteiger partial charge in [-0.1, -0.05) is 47.5 Å². The Kier molecular flexibility index (Phi) is 5.90. The number of nitrogens with one attached hydrogen (secondary N) is 2. The SMILES string of the molecule is O=C(Nc1cc(NC(=O)c2c(Cl)cccc2Cl)ccn1)Oc1ccccc1. The van der Waals surface area contributed by atoms with Crippen molar-refractivity contribution in [3.63, 3.8) is 0 Å². The average Bonchev–Trinajstić information content (AvgIpc) is 2.62. The molecule has 0 unspecified atom stereocenters. The molecule has 2 N–H and O–H groups in total. The second kappa shape index (κ2) is 8.53. The van der Waals surface area contributed by atoms with Crippen LogP contribution in [0, 0.1) is 0 Å². The van der Waals surface area contributed by atoms with Gasteiger partial charge in [-0.15, -0.1) is 0 Å². The quantitative estimate of drug-likeness (QED) is 0.625. The molecule has 2 amide bonds. The largest absolute Gasteiger partial charge is 0.418 e. The predicted octanol–water partition coefficient (Wildman–Crippen LogP) is 5.25. The first-order valence-corrected chi connectivity index (χ1v) is 8.54. The van der Waals surface area contributed by atoms with Crippen LogP contribution in [-0.4, -0.2) is 17.0 Å². The minimum absolute atomic E-state index is 0.163. The van der Waals surface area contributed by atoms with Crippen LogP contribution < -0.4 is 15.4 Å². The van der Waals surface area contributed by atoms with E-state index in [2.05, 4.69) is 15.6 Å². The van der Waals surface area contributed by atoms with Crippen molar-refractivity contribution in [3.05, 3.63) is 82.5 Å². The first-order valence-electron chi connectivity index (χ1n) is 7.78. The van der Waals surface area contributed by atoms with Crippen molar-refractivity contribution in [3.8, 4) is 5.75 Å². The van der Waals surface area contributed by atoms with Gasteiger partial charge in [0.2, 0.25) is 0 Å². The van der Waals surface area contributed by atoms with Crippen molar-refractivity contribution in [1.82, 2.24) is 4.98 Å². The van der Waals surface area contributed by atoms with E-state index in [1.54, 1.807) is 48.5 Å². The summed E-state index contributed by atoms with van der Waals surface area (Å²) in [7, 11) is 0. The van der Waals surface area contributed by atoms with Crippen LogP contribution in [0.3, 0.4) is 0 Å². The van der Waals surface area contributed by atoms with E-state index in [4.69, 9.17) is 27.9 Å². The lowest BCUT2D eigenvalue weighted by Crippen LogP contribution is -2.18. The third-order valence-electron chi connectivity index (χ3n) is 3.39. The van der Waals surface area contributed by atoms with Crippen LogP contribution in [0.15, 0.2) is 66.9 Å². The number of anilines is 2. The van der Waals surface area contributed by atoms with Crippen LogP contribution in [0.2, 0.25) is 10.0 Å². The van der Waals surface area contributed by atoms with Crippen molar-refractivity contribution in [2.45, 2.75) is 0 Å². The molecule has 0 aliphatic heterocycles. The Hall–Kier alpha value is -3.09. The van der Waals surface area contributed by atoms with Crippen molar-refractivity contribution in [2.75, 3.05) is 10.6 Å². The minimum atomic E-state index is -0.702. The Morgan fingerprint density at radius 2 is 1.59 bits per heavy atom. The van der Waals surface area contributed by atoms with E-state index >= 15 is 0 Å². The maximum Gasteiger partial charge on any atom is 0.418 e. The highest BCUT2D eigenvalue weighted by Crippen LogP contribution is 2.25. The lowest BCUT2D eigenvalue weighted by molar-refractivity contribution is 0.102. The van der Waals surface area contributed by atoms with Crippen LogP contribution in [0.4, 0.5) is 16.3 Å². The van der Waals surface area contributed by atoms with Crippen molar-refractivity contribution in [2.24, 2.45) is 0 Å². The Morgan fingerprint density at radius 1 is 0.889 bits per heavy atom. The predicted molar refractivity (Wildman–Crippen MR) is 105 cm³/mol. The molecule has 136 valence electrons. The molecule has 0 aliphatic carbocycles. The minimum Gasteiger partial charge on any atom is -0.410 e. The number of hydrogen-bond donors (Lipinski definition) is 2. The smallest absolute Gasteiger partial charge is 0.410 e. The molecule has 8 heteroatoms. The van der Waals surface area contributed by atoms with Crippen LogP contribution in [0.1, 0.15) is 10.4 Å². The molecule has 0 saturated heterocycles. The number of ether oxygens (including phenoxy) is 1. The molecule has 27 heavy (non-hydrogen) atoms. The highest BCUT2D eigenvalue weighted by atomic mass is 35.5. The van der Waals surface area contributed by atoms with Gasteiger partial charge in [-0.2, -0.15) is 0 Å². The molecule has 0 radical (unpaired) electrons. The molecule has 1 aromatic heterocycles. The molecule has 2 aromatic carbocycles. The first-order chi connectivity index (χ1) is 13.0. The number of amides is 2. The highest BCUT2D eigenvalue weighted by Gasteiger charge is 2.15. The Balaban J connectivity index is 1.68. The third kappa shape index (κ3) is 4.97. The van der Waals surface area contributed by atoms with Gasteiger partial charge in [0.15, 0.2) is 0 Å². The zero-order valence-electron chi connectivity index (χ0n) is 13.8. The second-order valence-electron chi connectivity index (χ2n) is 5.31. The summed E-state index contributed by atoms with van der Waals surface area (Å²) in [6.07, 6.45) is 0.730. The van der Waals surface area contributed by atoms with E-state index < -0.39 is 12.0 Å². The zero-order chi connectivity index (χ0) is 19.2. The molecular weight excluding hydrogens is 389 g/mol. The van der Waals surface area contributed by atoms with Gasteiger partial charge in [-0.05, 0) is 30.3 Å². The van der Waals surface area contributed by atoms with Gasteiger partial charge in [0.05, 0.1) is 15.6 Å². The molecule has 0 fully saturated rings. The van der Waals surface area contributed by atoms with Gasteiger partial charge in [0.1, 0.15) is 11.6 Å². The molecule has 0 aliphatic rings. The molecule has 0 atom stereocenters. The molecule has 1 heterocycles. The fourth-order valence-electron chi connectivity index (χ4n) is 2.21. The van der Waals surface area contributed by atoms with E-state index in [0.29, 0.717) is 11.4 Å². The average molecular weight is 402 g/mol. The Labute approximate surface area is 165 Å². The van der Waals surface area contributed by atoms with Gasteiger partial charge in [0.25, 0.3) is 5.91 Å². The lowest BCUT2D eigenvalue weighted by Gasteiger charge is -2.10. The van der Waals surface area contributed by atoms with Gasteiger partial charge >= 0.3 is 6.09 Å². The summed E-state index contributed by atoms with van der Waals surface area (Å²) in [6, 6.07) is 16.4. The van der Waals surface area contributed by atoms with Gasteiger partial charge in [-0.3, -0.25) is 10.1 Å². The molecule has 3 aromatic rings. The first kappa shape index (κ1) is 18.7. The number of rotatable bonds is 4. The zero-order valence-corrected chi connectivity index (χ0v) is 15.3. The van der Waals surface area contributed by atoms with Gasteiger partial charge in [-0.25, -0.2) is 9.78 Å². The summed E-state index contributed by atoms with van der Waals surface area (Å²) in [5.74, 6) is 0.126. The lowest BCUT2D eigenvalue weighted by atomic mass is 10.2. The summed E-state index contributed by atoms with van der Waals surface area (Å²) < 4.78 is 5.13. The monoisotopic (exact) mass is 401 g/mol. The molecule has 0 saturated carbocycles. The van der Waals surface area contributed by atoms with Crippen LogP contribution in [0.25, 0.3) is 0 Å². The number of para-hydroxylation sites is 1. The summed E-state index contributed by atoms with van der Waals surface area (Å²) in [5, 5.41) is 5.62. The van der Waals surface area contributed by atoms with E-state index in [9.17, 15) is 9.59 Å². The number of halogens is 2. The fourth-order valence-corrected chi connectivity index (χ4v) is 2.78. The molecule has 0 bridgehead atoms.